The van der Waals surface area contributed by atoms with Gasteiger partial charge in [-0.05, 0) is 51.5 Å². The largest absolute Gasteiger partial charge is 0.444 e. The predicted octanol–water partition coefficient (Wildman–Crippen LogP) is 3.20. The molecule has 0 aromatic heterocycles. The first-order chi connectivity index (χ1) is 11.8. The highest BCUT2D eigenvalue weighted by Crippen LogP contribution is 2.24. The summed E-state index contributed by atoms with van der Waals surface area (Å²) >= 11 is 0. The monoisotopic (exact) mass is 347 g/mol. The normalized spacial score (nSPS) is 18.9. The molecule has 0 spiro atoms. The molecule has 2 rings (SSSR count). The first-order valence-electron chi connectivity index (χ1n) is 8.97. The second kappa shape index (κ2) is 8.48. The zero-order valence-electron chi connectivity index (χ0n) is 15.4. The summed E-state index contributed by atoms with van der Waals surface area (Å²) in [5.74, 6) is -0.116. The van der Waals surface area contributed by atoms with Crippen LogP contribution in [0.3, 0.4) is 0 Å². The fourth-order valence-corrected chi connectivity index (χ4v) is 3.21. The van der Waals surface area contributed by atoms with Crippen LogP contribution in [0.25, 0.3) is 0 Å². The number of benzene rings is 1. The number of nitrogens with zero attached hydrogens (tertiary/aromatic N) is 1. The van der Waals surface area contributed by atoms with E-state index in [-0.39, 0.29) is 24.7 Å². The summed E-state index contributed by atoms with van der Waals surface area (Å²) in [6, 6.07) is 9.41. The summed E-state index contributed by atoms with van der Waals surface area (Å²) in [6.07, 6.45) is 1.98. The van der Waals surface area contributed by atoms with Crippen LogP contribution in [0.5, 0.6) is 0 Å². The first kappa shape index (κ1) is 19.4. The second-order valence-electron chi connectivity index (χ2n) is 7.74. The highest BCUT2D eigenvalue weighted by molar-refractivity contribution is 5.88. The lowest BCUT2D eigenvalue weighted by Gasteiger charge is -2.28. The van der Waals surface area contributed by atoms with Crippen molar-refractivity contribution in [2.75, 3.05) is 13.2 Å². The van der Waals surface area contributed by atoms with E-state index in [9.17, 15) is 14.7 Å². The minimum Gasteiger partial charge on any atom is -0.444 e. The van der Waals surface area contributed by atoms with Crippen LogP contribution in [-0.2, 0) is 16.0 Å². The Kier molecular flexibility index (Phi) is 6.59. The van der Waals surface area contributed by atoms with E-state index in [2.05, 4.69) is 0 Å². The molecule has 1 unspecified atom stereocenters. The molecule has 1 aromatic carbocycles. The van der Waals surface area contributed by atoms with Crippen LogP contribution in [0.1, 0.15) is 45.6 Å². The molecule has 0 bridgehead atoms. The Morgan fingerprint density at radius 3 is 2.56 bits per heavy atom. The van der Waals surface area contributed by atoms with Gasteiger partial charge in [0.05, 0.1) is 6.04 Å². The highest BCUT2D eigenvalue weighted by atomic mass is 16.6. The second-order valence-corrected chi connectivity index (χ2v) is 7.74. The number of rotatable bonds is 6. The molecule has 0 saturated carbocycles. The summed E-state index contributed by atoms with van der Waals surface area (Å²) in [4.78, 5) is 26.6. The van der Waals surface area contributed by atoms with E-state index in [1.54, 1.807) is 4.90 Å². The number of Topliss-reactive ketones (excluding diaryl/α,β-unsaturated/α-hetero) is 1. The van der Waals surface area contributed by atoms with Crippen molar-refractivity contribution in [1.82, 2.24) is 4.90 Å². The highest BCUT2D eigenvalue weighted by Gasteiger charge is 2.36. The molecule has 2 atom stereocenters. The van der Waals surface area contributed by atoms with Crippen molar-refractivity contribution in [2.24, 2.45) is 5.92 Å². The van der Waals surface area contributed by atoms with Crippen LogP contribution in [0.2, 0.25) is 0 Å². The first-order valence-corrected chi connectivity index (χ1v) is 8.97. The molecule has 1 fully saturated rings. The zero-order valence-corrected chi connectivity index (χ0v) is 15.4. The van der Waals surface area contributed by atoms with Crippen LogP contribution < -0.4 is 0 Å². The third-order valence-corrected chi connectivity index (χ3v) is 4.37. The van der Waals surface area contributed by atoms with E-state index in [0.29, 0.717) is 19.4 Å². The Hall–Kier alpha value is -1.88. The van der Waals surface area contributed by atoms with Gasteiger partial charge in [0.1, 0.15) is 5.60 Å². The van der Waals surface area contributed by atoms with Crippen molar-refractivity contribution < 1.29 is 19.4 Å². The third kappa shape index (κ3) is 5.85. The molecule has 1 amide bonds. The summed E-state index contributed by atoms with van der Waals surface area (Å²) in [6.45, 7) is 5.96. The Balaban J connectivity index is 1.96. The maximum absolute atomic E-state index is 12.7. The number of hydrogen-bond acceptors (Lipinski definition) is 4. The van der Waals surface area contributed by atoms with E-state index in [0.717, 1.165) is 12.0 Å². The smallest absolute Gasteiger partial charge is 0.410 e. The lowest BCUT2D eigenvalue weighted by Crippen LogP contribution is -2.44. The van der Waals surface area contributed by atoms with Crippen molar-refractivity contribution in [3.8, 4) is 0 Å². The molecule has 0 radical (unpaired) electrons. The van der Waals surface area contributed by atoms with Gasteiger partial charge in [-0.15, -0.1) is 0 Å². The Labute approximate surface area is 150 Å². The predicted molar refractivity (Wildman–Crippen MR) is 96.3 cm³/mol. The Morgan fingerprint density at radius 1 is 1.28 bits per heavy atom. The van der Waals surface area contributed by atoms with Gasteiger partial charge < -0.3 is 9.84 Å². The third-order valence-electron chi connectivity index (χ3n) is 4.37. The summed E-state index contributed by atoms with van der Waals surface area (Å²) in [5.41, 5.74) is 0.526. The average Bonchev–Trinajstić information content (AvgIpc) is 3.03. The van der Waals surface area contributed by atoms with Crippen molar-refractivity contribution in [1.29, 1.82) is 0 Å². The number of likely N-dealkylation sites (tertiary alicyclic amines) is 1. The minimum absolute atomic E-state index is 0.0124. The number of hydrogen-bond donors (Lipinski definition) is 1. The van der Waals surface area contributed by atoms with E-state index in [1.807, 2.05) is 51.1 Å². The van der Waals surface area contributed by atoms with E-state index in [4.69, 9.17) is 4.74 Å². The van der Waals surface area contributed by atoms with Gasteiger partial charge >= 0.3 is 6.09 Å². The van der Waals surface area contributed by atoms with Gasteiger partial charge in [0.15, 0.2) is 5.78 Å². The lowest BCUT2D eigenvalue weighted by atomic mass is 9.92. The maximum atomic E-state index is 12.7. The molecule has 1 aliphatic heterocycles. The van der Waals surface area contributed by atoms with Gasteiger partial charge in [0.25, 0.3) is 0 Å². The van der Waals surface area contributed by atoms with Crippen LogP contribution in [0.4, 0.5) is 4.79 Å². The van der Waals surface area contributed by atoms with Crippen LogP contribution in [-0.4, -0.2) is 46.7 Å². The van der Waals surface area contributed by atoms with E-state index in [1.165, 1.54) is 0 Å². The van der Waals surface area contributed by atoms with Gasteiger partial charge in [-0.3, -0.25) is 9.69 Å². The number of ether oxygens (including phenoxy) is 1. The lowest BCUT2D eigenvalue weighted by molar-refractivity contribution is -0.124. The summed E-state index contributed by atoms with van der Waals surface area (Å²) < 4.78 is 5.41. The average molecular weight is 347 g/mol. The van der Waals surface area contributed by atoms with Crippen LogP contribution in [0.15, 0.2) is 30.3 Å². The number of carbonyl (C=O) groups is 2. The number of amides is 1. The van der Waals surface area contributed by atoms with Gasteiger partial charge in [-0.2, -0.15) is 0 Å². The molecule has 1 N–H and O–H groups in total. The summed E-state index contributed by atoms with van der Waals surface area (Å²) in [5, 5.41) is 9.65. The fourth-order valence-electron chi connectivity index (χ4n) is 3.21. The number of carbonyl (C=O) groups excluding carboxylic acids is 2. The van der Waals surface area contributed by atoms with Gasteiger partial charge in [0, 0.05) is 19.6 Å². The SMILES string of the molecule is CC(C)(C)OC(=O)N1CCC[C@H]1C(=O)CC(CO)Cc1ccccc1. The molecular weight excluding hydrogens is 318 g/mol. The molecule has 5 nitrogen and oxygen atoms in total. The molecule has 1 heterocycles. The van der Waals surface area contributed by atoms with Crippen molar-refractivity contribution in [3.63, 3.8) is 0 Å². The minimum atomic E-state index is -0.575. The number of aliphatic hydroxyl groups excluding tert-OH is 1. The maximum Gasteiger partial charge on any atom is 0.410 e. The standard InChI is InChI=1S/C20H29NO4/c1-20(2,3)25-19(24)21-11-7-10-17(21)18(23)13-16(14-22)12-15-8-5-4-6-9-15/h4-6,8-9,16-17,22H,7,10-14H2,1-3H3/t16?,17-/m0/s1. The molecule has 0 aliphatic carbocycles. The molecular formula is C20H29NO4. The molecule has 5 heteroatoms. The van der Waals surface area contributed by atoms with Gasteiger partial charge in [-0.1, -0.05) is 30.3 Å². The van der Waals surface area contributed by atoms with Crippen LogP contribution in [0, 0.1) is 5.92 Å². The van der Waals surface area contributed by atoms with Gasteiger partial charge in [-0.25, -0.2) is 4.79 Å². The van der Waals surface area contributed by atoms with Crippen molar-refractivity contribution in [3.05, 3.63) is 35.9 Å². The molecule has 1 saturated heterocycles. The fraction of sp³-hybridized carbons (Fsp3) is 0.600. The quantitative estimate of drug-likeness (QED) is 0.858. The van der Waals surface area contributed by atoms with E-state index < -0.39 is 17.7 Å². The molecule has 25 heavy (non-hydrogen) atoms. The molecule has 1 aromatic rings. The zero-order chi connectivity index (χ0) is 18.4. The summed E-state index contributed by atoms with van der Waals surface area (Å²) in [7, 11) is 0. The van der Waals surface area contributed by atoms with Crippen molar-refractivity contribution >= 4 is 11.9 Å². The Morgan fingerprint density at radius 2 is 1.96 bits per heavy atom. The topological polar surface area (TPSA) is 66.8 Å². The van der Waals surface area contributed by atoms with Crippen LogP contribution >= 0.6 is 0 Å². The number of ketones is 1. The Bertz CT molecular complexity index is 579. The molecule has 138 valence electrons. The van der Waals surface area contributed by atoms with Gasteiger partial charge in [0.2, 0.25) is 0 Å². The number of aliphatic hydroxyl groups is 1. The van der Waals surface area contributed by atoms with Crippen molar-refractivity contribution in [2.45, 2.75) is 58.1 Å². The van der Waals surface area contributed by atoms with E-state index >= 15 is 0 Å². The molecule has 1 aliphatic rings.